The van der Waals surface area contributed by atoms with Crippen molar-refractivity contribution < 1.29 is 44.0 Å². The summed E-state index contributed by atoms with van der Waals surface area (Å²) in [4.78, 5) is 59.0. The molecule has 2 heterocycles. The summed E-state index contributed by atoms with van der Waals surface area (Å²) in [7, 11) is 2.03. The van der Waals surface area contributed by atoms with Crippen LogP contribution in [0, 0.1) is 0 Å². The highest BCUT2D eigenvalue weighted by molar-refractivity contribution is 6.07. The van der Waals surface area contributed by atoms with E-state index in [1.54, 1.807) is 4.90 Å². The van der Waals surface area contributed by atoms with E-state index < -0.39 is 29.6 Å². The maximum Gasteiger partial charge on any atom is 0.325 e. The second kappa shape index (κ2) is 19.8. The summed E-state index contributed by atoms with van der Waals surface area (Å²) >= 11 is 0. The number of phenolic OH excluding ortho intramolecular Hbond substituents is 2. The molecule has 0 radical (unpaired) electrons. The molecule has 1 atom stereocenters. The van der Waals surface area contributed by atoms with E-state index in [-0.39, 0.29) is 102 Å². The highest BCUT2D eigenvalue weighted by atomic mass is 16.5. The van der Waals surface area contributed by atoms with Gasteiger partial charge in [0.05, 0.1) is 12.6 Å². The Morgan fingerprint density at radius 1 is 0.682 bits per heavy atom. The van der Waals surface area contributed by atoms with Crippen LogP contribution in [0.4, 0.5) is 4.79 Å². The van der Waals surface area contributed by atoms with Crippen LogP contribution in [0.1, 0.15) is 170 Å². The second-order valence-corrected chi connectivity index (χ2v) is 24.4. The topological polar surface area (TPSA) is 169 Å². The fourth-order valence-corrected chi connectivity index (χ4v) is 9.72. The predicted molar refractivity (Wildman–Crippen MR) is 260 cm³/mol. The third kappa shape index (κ3) is 13.3. The summed E-state index contributed by atoms with van der Waals surface area (Å²) in [6, 6.07) is 7.30. The van der Waals surface area contributed by atoms with E-state index >= 15 is 0 Å². The minimum Gasteiger partial charge on any atom is -0.507 e. The Kier molecular flexibility index (Phi) is 16.3. The number of urea groups is 1. The number of β-amino-alcohol motifs (C(OH)–C–C–N with tert-alkyl or cyclic N) is 1. The first-order chi connectivity index (χ1) is 30.0. The molecule has 0 aromatic heterocycles. The van der Waals surface area contributed by atoms with E-state index in [0.29, 0.717) is 25.7 Å². The van der Waals surface area contributed by atoms with Crippen LogP contribution in [0.25, 0.3) is 0 Å². The zero-order chi connectivity index (χ0) is 50.2. The maximum atomic E-state index is 14.1. The highest BCUT2D eigenvalue weighted by Crippen LogP contribution is 2.45. The number of esters is 2. The molecular weight excluding hydrogens is 837 g/mol. The van der Waals surface area contributed by atoms with Crippen LogP contribution in [-0.2, 0) is 58.4 Å². The molecule has 2 aromatic carbocycles. The van der Waals surface area contributed by atoms with Crippen molar-refractivity contribution in [2.75, 3.05) is 46.4 Å². The number of imide groups is 1. The quantitative estimate of drug-likeness (QED) is 0.0947. The van der Waals surface area contributed by atoms with Crippen LogP contribution in [0.15, 0.2) is 24.3 Å². The van der Waals surface area contributed by atoms with E-state index in [4.69, 9.17) is 9.47 Å². The van der Waals surface area contributed by atoms with Crippen molar-refractivity contribution in [1.82, 2.24) is 20.0 Å². The van der Waals surface area contributed by atoms with Gasteiger partial charge in [0.25, 0.3) is 5.91 Å². The number of rotatable bonds is 16. The van der Waals surface area contributed by atoms with Crippen LogP contribution >= 0.6 is 0 Å². The van der Waals surface area contributed by atoms with Crippen molar-refractivity contribution in [1.29, 1.82) is 0 Å². The molecule has 4 rings (SSSR count). The molecule has 2 saturated heterocycles. The first-order valence-corrected chi connectivity index (χ1v) is 23.8. The molecule has 0 bridgehead atoms. The van der Waals surface area contributed by atoms with E-state index in [1.165, 1.54) is 0 Å². The number of aliphatic hydroxyl groups excluding tert-OH is 1. The predicted octanol–water partition coefficient (Wildman–Crippen LogP) is 8.18. The lowest BCUT2D eigenvalue weighted by molar-refractivity contribution is -0.145. The number of aromatic hydroxyl groups is 2. The molecule has 2 aromatic rings. The third-order valence-electron chi connectivity index (χ3n) is 13.5. The molecule has 370 valence electrons. The van der Waals surface area contributed by atoms with Gasteiger partial charge in [-0.25, -0.2) is 4.79 Å². The highest BCUT2D eigenvalue weighted by Gasteiger charge is 2.60. The van der Waals surface area contributed by atoms with Crippen LogP contribution < -0.4 is 5.32 Å². The number of likely N-dealkylation sites (tertiary alicyclic amines) is 1. The van der Waals surface area contributed by atoms with Crippen LogP contribution in [0.3, 0.4) is 0 Å². The summed E-state index contributed by atoms with van der Waals surface area (Å²) in [5, 5.41) is 36.8. The van der Waals surface area contributed by atoms with Crippen LogP contribution in [0.5, 0.6) is 11.5 Å². The van der Waals surface area contributed by atoms with Gasteiger partial charge in [-0.15, -0.1) is 0 Å². The largest absolute Gasteiger partial charge is 0.507 e. The molecule has 2 aliphatic heterocycles. The minimum absolute atomic E-state index is 0.00738. The van der Waals surface area contributed by atoms with Crippen molar-refractivity contribution in [3.63, 3.8) is 0 Å². The molecule has 66 heavy (non-hydrogen) atoms. The number of piperidine rings is 1. The molecule has 0 aliphatic carbocycles. The van der Waals surface area contributed by atoms with Gasteiger partial charge in [-0.2, -0.15) is 0 Å². The van der Waals surface area contributed by atoms with E-state index in [1.807, 2.05) is 114 Å². The normalized spacial score (nSPS) is 18.2. The molecule has 2 aliphatic rings. The number of aliphatic hydroxyl groups is 1. The number of carbonyl (C=O) groups excluding carboxylic acids is 4. The maximum absolute atomic E-state index is 14.1. The zero-order valence-electron chi connectivity index (χ0n) is 43.5. The van der Waals surface area contributed by atoms with Gasteiger partial charge in [0, 0.05) is 43.6 Å². The number of benzene rings is 2. The number of ether oxygens (including phenoxy) is 2. The fourth-order valence-electron chi connectivity index (χ4n) is 9.72. The molecule has 1 spiro atoms. The molecule has 3 amide bonds. The monoisotopic (exact) mass is 921 g/mol. The standard InChI is InChI=1S/C53H84N4O9/c1-47(2,3)37-26-34(27-38(43(37)61)48(4,5)6)18-20-41(59)65-24-22-56(23-25-66-42(60)21-19-35-28-39(49(7,8)9)44(62)40(29-35)50(10,11)12)30-36(58)31-57-45(63)53(54-46(57)64)32-51(13,14)55(17)52(15,16)33-53/h26-29,36,58,61-62H,18-25,30-33H2,1-17H3,(H,54,64). The summed E-state index contributed by atoms with van der Waals surface area (Å²) in [5.74, 6) is -0.612. The average molecular weight is 921 g/mol. The molecule has 4 N–H and O–H groups in total. The average Bonchev–Trinajstić information content (AvgIpc) is 3.36. The van der Waals surface area contributed by atoms with Crippen LogP contribution in [-0.4, -0.2) is 123 Å². The van der Waals surface area contributed by atoms with Gasteiger partial charge < -0.3 is 30.1 Å². The van der Waals surface area contributed by atoms with E-state index in [2.05, 4.69) is 37.9 Å². The number of nitrogens with zero attached hydrogens (tertiary/aromatic N) is 3. The summed E-state index contributed by atoms with van der Waals surface area (Å²) in [5.41, 5.74) is 2.04. The van der Waals surface area contributed by atoms with E-state index in [9.17, 15) is 34.5 Å². The Morgan fingerprint density at radius 3 is 1.36 bits per heavy atom. The number of hydrogen-bond donors (Lipinski definition) is 4. The number of hydrogen-bond acceptors (Lipinski definition) is 11. The third-order valence-corrected chi connectivity index (χ3v) is 13.5. The van der Waals surface area contributed by atoms with Crippen molar-refractivity contribution >= 4 is 23.9 Å². The van der Waals surface area contributed by atoms with Gasteiger partial charge in [-0.3, -0.25) is 29.1 Å². The van der Waals surface area contributed by atoms with Gasteiger partial charge in [-0.1, -0.05) is 107 Å². The summed E-state index contributed by atoms with van der Waals surface area (Å²) in [6.07, 6.45) is 0.757. The molecule has 2 fully saturated rings. The Balaban J connectivity index is 1.44. The van der Waals surface area contributed by atoms with E-state index in [0.717, 1.165) is 38.3 Å². The number of aryl methyl sites for hydroxylation is 2. The van der Waals surface area contributed by atoms with Gasteiger partial charge in [0.1, 0.15) is 30.3 Å². The summed E-state index contributed by atoms with van der Waals surface area (Å²) < 4.78 is 11.4. The smallest absolute Gasteiger partial charge is 0.325 e. The Hall–Kier alpha value is -4.20. The minimum atomic E-state index is -1.15. The number of amides is 3. The molecule has 13 nitrogen and oxygen atoms in total. The van der Waals surface area contributed by atoms with Gasteiger partial charge >= 0.3 is 18.0 Å². The summed E-state index contributed by atoms with van der Waals surface area (Å²) in [6.45, 7) is 32.9. The Labute approximate surface area is 396 Å². The lowest BCUT2D eigenvalue weighted by atomic mass is 9.69. The van der Waals surface area contributed by atoms with Crippen molar-refractivity contribution in [3.05, 3.63) is 57.6 Å². The van der Waals surface area contributed by atoms with Crippen molar-refractivity contribution in [3.8, 4) is 11.5 Å². The lowest BCUT2D eigenvalue weighted by Crippen LogP contribution is -2.68. The molecule has 1 unspecified atom stereocenters. The molecule has 0 saturated carbocycles. The Morgan fingerprint density at radius 2 is 1.03 bits per heavy atom. The van der Waals surface area contributed by atoms with Gasteiger partial charge in [0.2, 0.25) is 0 Å². The Bertz CT molecular complexity index is 1910. The number of nitrogens with one attached hydrogen (secondary N) is 1. The SMILES string of the molecule is CN1C(C)(C)CC2(CC1(C)C)NC(=O)N(CC(O)CN(CCOC(=O)CCc1cc(C(C)(C)C)c(O)c(C(C)(C)C)c1)CCOC(=O)CCc1cc(C(C)(C)C)c(O)c(C(C)(C)C)c1)C2=O. The van der Waals surface area contributed by atoms with Gasteiger partial charge in [-0.05, 0) is 115 Å². The fraction of sp³-hybridized carbons (Fsp3) is 0.698. The number of phenols is 2. The zero-order valence-corrected chi connectivity index (χ0v) is 43.5. The van der Waals surface area contributed by atoms with Crippen molar-refractivity contribution in [2.45, 2.75) is 194 Å². The van der Waals surface area contributed by atoms with Gasteiger partial charge in [0.15, 0.2) is 0 Å². The second-order valence-electron chi connectivity index (χ2n) is 24.4. The molecular formula is C53H84N4O9. The molecule has 13 heteroatoms. The van der Waals surface area contributed by atoms with Crippen LogP contribution in [0.2, 0.25) is 0 Å². The lowest BCUT2D eigenvalue weighted by Gasteiger charge is -2.56. The first-order valence-electron chi connectivity index (χ1n) is 23.8. The first kappa shape index (κ1) is 54.4. The van der Waals surface area contributed by atoms with Crippen molar-refractivity contribution in [2.24, 2.45) is 0 Å². The number of carbonyl (C=O) groups is 4.